The second-order valence-electron chi connectivity index (χ2n) is 5.02. The fourth-order valence-corrected chi connectivity index (χ4v) is 2.23. The van der Waals surface area contributed by atoms with Crippen LogP contribution in [0.4, 0.5) is 5.69 Å². The van der Waals surface area contributed by atoms with Crippen molar-refractivity contribution in [1.82, 2.24) is 0 Å². The molecule has 0 unspecified atom stereocenters. The Balaban J connectivity index is 2.19. The van der Waals surface area contributed by atoms with E-state index in [-0.39, 0.29) is 0 Å². The lowest BCUT2D eigenvalue weighted by molar-refractivity contribution is 0.414. The third-order valence-corrected chi connectivity index (χ3v) is 3.40. The van der Waals surface area contributed by atoms with Crippen molar-refractivity contribution in [3.05, 3.63) is 59.7 Å². The molecule has 0 saturated carbocycles. The minimum absolute atomic E-state index is 0.512. The Morgan fingerprint density at radius 1 is 1.14 bits per heavy atom. The summed E-state index contributed by atoms with van der Waals surface area (Å²) in [6.07, 6.45) is 0.512. The van der Waals surface area contributed by atoms with E-state index in [0.29, 0.717) is 6.42 Å². The molecule has 0 fully saturated rings. The summed E-state index contributed by atoms with van der Waals surface area (Å²) in [6.45, 7) is 3.56. The molecule has 2 aromatic rings. The van der Waals surface area contributed by atoms with Gasteiger partial charge in [-0.1, -0.05) is 29.8 Å². The number of nitrogens with zero attached hydrogens (tertiary/aromatic N) is 2. The Kier molecular flexibility index (Phi) is 5.22. The molecule has 0 amide bonds. The van der Waals surface area contributed by atoms with Gasteiger partial charge in [0, 0.05) is 18.8 Å². The van der Waals surface area contributed by atoms with Gasteiger partial charge in [-0.15, -0.1) is 0 Å². The largest absolute Gasteiger partial charge is 0.497 e. The molecule has 0 N–H and O–H groups in total. The molecule has 0 bridgehead atoms. The minimum atomic E-state index is 0.512. The second kappa shape index (κ2) is 7.35. The van der Waals surface area contributed by atoms with Gasteiger partial charge in [0.1, 0.15) is 5.75 Å². The maximum Gasteiger partial charge on any atom is 0.119 e. The highest BCUT2D eigenvalue weighted by molar-refractivity contribution is 5.48. The Morgan fingerprint density at radius 2 is 1.90 bits per heavy atom. The summed E-state index contributed by atoms with van der Waals surface area (Å²) in [5.41, 5.74) is 3.55. The van der Waals surface area contributed by atoms with Gasteiger partial charge in [0.25, 0.3) is 0 Å². The van der Waals surface area contributed by atoms with Crippen molar-refractivity contribution in [3.63, 3.8) is 0 Å². The van der Waals surface area contributed by atoms with Crippen LogP contribution in [0.3, 0.4) is 0 Å². The number of hydrogen-bond donors (Lipinski definition) is 0. The average molecular weight is 280 g/mol. The van der Waals surface area contributed by atoms with Crippen LogP contribution in [0.2, 0.25) is 0 Å². The third-order valence-electron chi connectivity index (χ3n) is 3.40. The number of aryl methyl sites for hydroxylation is 1. The van der Waals surface area contributed by atoms with Crippen LogP contribution in [-0.4, -0.2) is 13.7 Å². The molecular weight excluding hydrogens is 260 g/mol. The van der Waals surface area contributed by atoms with Crippen LogP contribution >= 0.6 is 0 Å². The monoisotopic (exact) mass is 280 g/mol. The minimum Gasteiger partial charge on any atom is -0.497 e. The molecule has 0 aliphatic rings. The van der Waals surface area contributed by atoms with Crippen molar-refractivity contribution in [2.24, 2.45) is 0 Å². The quantitative estimate of drug-likeness (QED) is 0.804. The van der Waals surface area contributed by atoms with Gasteiger partial charge in [0.2, 0.25) is 0 Å². The smallest absolute Gasteiger partial charge is 0.119 e. The standard InChI is InChI=1S/C18H20N2O/c1-15-7-9-17(10-8-15)20(12-4-11-19)14-16-5-3-6-18(13-16)21-2/h3,5-10,13H,4,12,14H2,1-2H3. The molecule has 0 atom stereocenters. The zero-order valence-corrected chi connectivity index (χ0v) is 12.5. The van der Waals surface area contributed by atoms with Gasteiger partial charge in [0.15, 0.2) is 0 Å². The summed E-state index contributed by atoms with van der Waals surface area (Å²) in [7, 11) is 1.67. The van der Waals surface area contributed by atoms with E-state index in [0.717, 1.165) is 24.5 Å². The first kappa shape index (κ1) is 14.9. The van der Waals surface area contributed by atoms with E-state index >= 15 is 0 Å². The molecule has 0 aromatic heterocycles. The Bertz CT molecular complexity index is 614. The van der Waals surface area contributed by atoms with Crippen molar-refractivity contribution in [1.29, 1.82) is 5.26 Å². The number of hydrogen-bond acceptors (Lipinski definition) is 3. The van der Waals surface area contributed by atoms with E-state index < -0.39 is 0 Å². The van der Waals surface area contributed by atoms with Crippen molar-refractivity contribution in [2.75, 3.05) is 18.6 Å². The molecular formula is C18H20N2O. The molecule has 0 aliphatic heterocycles. The van der Waals surface area contributed by atoms with Gasteiger partial charge in [-0.2, -0.15) is 5.26 Å². The van der Waals surface area contributed by atoms with Crippen LogP contribution in [0.15, 0.2) is 48.5 Å². The van der Waals surface area contributed by atoms with Gasteiger partial charge in [-0.25, -0.2) is 0 Å². The highest BCUT2D eigenvalue weighted by atomic mass is 16.5. The summed E-state index contributed by atoms with van der Waals surface area (Å²) in [5, 5.41) is 8.86. The van der Waals surface area contributed by atoms with Gasteiger partial charge in [-0.05, 0) is 36.8 Å². The lowest BCUT2D eigenvalue weighted by Crippen LogP contribution is -2.23. The number of anilines is 1. The van der Waals surface area contributed by atoms with E-state index in [9.17, 15) is 0 Å². The second-order valence-corrected chi connectivity index (χ2v) is 5.02. The summed E-state index contributed by atoms with van der Waals surface area (Å²) in [5.74, 6) is 0.858. The topological polar surface area (TPSA) is 36.3 Å². The van der Waals surface area contributed by atoms with Crippen molar-refractivity contribution < 1.29 is 4.74 Å². The first-order valence-electron chi connectivity index (χ1n) is 7.04. The molecule has 0 saturated heterocycles. The molecule has 0 aliphatic carbocycles. The van der Waals surface area contributed by atoms with E-state index in [1.807, 2.05) is 18.2 Å². The predicted molar refractivity (Wildman–Crippen MR) is 85.5 cm³/mol. The average Bonchev–Trinajstić information content (AvgIpc) is 2.52. The molecule has 21 heavy (non-hydrogen) atoms. The first-order chi connectivity index (χ1) is 10.2. The van der Waals surface area contributed by atoms with Gasteiger partial charge in [0.05, 0.1) is 19.6 Å². The molecule has 0 heterocycles. The van der Waals surface area contributed by atoms with Crippen molar-refractivity contribution in [3.8, 4) is 11.8 Å². The molecule has 3 nitrogen and oxygen atoms in total. The molecule has 2 aromatic carbocycles. The summed E-state index contributed by atoms with van der Waals surface area (Å²) in [4.78, 5) is 2.22. The SMILES string of the molecule is COc1cccc(CN(CCC#N)c2ccc(C)cc2)c1. The van der Waals surface area contributed by atoms with E-state index in [2.05, 4.69) is 48.2 Å². The fraction of sp³-hybridized carbons (Fsp3) is 0.278. The van der Waals surface area contributed by atoms with Crippen LogP contribution < -0.4 is 9.64 Å². The normalized spacial score (nSPS) is 9.95. The number of methoxy groups -OCH3 is 1. The first-order valence-corrected chi connectivity index (χ1v) is 7.04. The zero-order valence-electron chi connectivity index (χ0n) is 12.5. The Labute approximate surface area is 126 Å². The summed E-state index contributed by atoms with van der Waals surface area (Å²) < 4.78 is 5.27. The lowest BCUT2D eigenvalue weighted by atomic mass is 10.1. The van der Waals surface area contributed by atoms with Gasteiger partial charge < -0.3 is 9.64 Å². The Hall–Kier alpha value is -2.47. The maximum absolute atomic E-state index is 8.86. The Morgan fingerprint density at radius 3 is 2.57 bits per heavy atom. The number of benzene rings is 2. The van der Waals surface area contributed by atoms with Crippen molar-refractivity contribution >= 4 is 5.69 Å². The summed E-state index contributed by atoms with van der Waals surface area (Å²) >= 11 is 0. The third kappa shape index (κ3) is 4.25. The predicted octanol–water partition coefficient (Wildman–Crippen LogP) is 3.92. The fourth-order valence-electron chi connectivity index (χ4n) is 2.23. The zero-order chi connectivity index (χ0) is 15.1. The lowest BCUT2D eigenvalue weighted by Gasteiger charge is -2.24. The molecule has 2 rings (SSSR count). The number of nitriles is 1. The molecule has 0 spiro atoms. The summed E-state index contributed by atoms with van der Waals surface area (Å²) in [6, 6.07) is 18.7. The van der Waals surface area contributed by atoms with E-state index in [1.54, 1.807) is 7.11 Å². The molecule has 3 heteroatoms. The molecule has 0 radical (unpaired) electrons. The van der Waals surface area contributed by atoms with Gasteiger partial charge in [-0.3, -0.25) is 0 Å². The highest BCUT2D eigenvalue weighted by Gasteiger charge is 2.08. The van der Waals surface area contributed by atoms with Crippen LogP contribution in [0.25, 0.3) is 0 Å². The number of ether oxygens (including phenoxy) is 1. The van der Waals surface area contributed by atoms with Gasteiger partial charge >= 0.3 is 0 Å². The number of rotatable bonds is 6. The van der Waals surface area contributed by atoms with Crippen LogP contribution in [0, 0.1) is 18.3 Å². The van der Waals surface area contributed by atoms with Crippen LogP contribution in [0.1, 0.15) is 17.5 Å². The highest BCUT2D eigenvalue weighted by Crippen LogP contribution is 2.20. The van der Waals surface area contributed by atoms with Crippen LogP contribution in [0.5, 0.6) is 5.75 Å². The van der Waals surface area contributed by atoms with E-state index in [1.165, 1.54) is 11.1 Å². The van der Waals surface area contributed by atoms with E-state index in [4.69, 9.17) is 10.00 Å². The maximum atomic E-state index is 8.86. The molecule has 108 valence electrons. The van der Waals surface area contributed by atoms with Crippen LogP contribution in [-0.2, 0) is 6.54 Å². The van der Waals surface area contributed by atoms with Crippen molar-refractivity contribution in [2.45, 2.75) is 19.9 Å².